The van der Waals surface area contributed by atoms with E-state index in [9.17, 15) is 4.79 Å². The molecule has 1 unspecified atom stereocenters. The van der Waals surface area contributed by atoms with E-state index in [1.165, 1.54) is 5.56 Å². The first-order valence-electron chi connectivity index (χ1n) is 6.81. The first kappa shape index (κ1) is 13.3. The van der Waals surface area contributed by atoms with Gasteiger partial charge in [0.1, 0.15) is 6.10 Å². The predicted molar refractivity (Wildman–Crippen MR) is 73.1 cm³/mol. The van der Waals surface area contributed by atoms with E-state index in [-0.39, 0.29) is 17.3 Å². The van der Waals surface area contributed by atoms with E-state index >= 15 is 0 Å². The highest BCUT2D eigenvalue weighted by Gasteiger charge is 2.25. The quantitative estimate of drug-likeness (QED) is 0.757. The van der Waals surface area contributed by atoms with Gasteiger partial charge in [-0.15, -0.1) is 0 Å². The van der Waals surface area contributed by atoms with Crippen LogP contribution < -0.4 is 0 Å². The van der Waals surface area contributed by atoms with Crippen LogP contribution in [0.1, 0.15) is 56.0 Å². The highest BCUT2D eigenvalue weighted by atomic mass is 16.5. The minimum absolute atomic E-state index is 0.133. The van der Waals surface area contributed by atoms with Gasteiger partial charge < -0.3 is 4.74 Å². The number of carbonyl (C=O) groups is 1. The average Bonchev–Trinajstić information content (AvgIpc) is 2.92. The van der Waals surface area contributed by atoms with Gasteiger partial charge in [0, 0.05) is 12.2 Å². The lowest BCUT2D eigenvalue weighted by Crippen LogP contribution is -2.20. The summed E-state index contributed by atoms with van der Waals surface area (Å²) in [7, 11) is 0. The molecule has 1 aromatic carbocycles. The Labute approximate surface area is 109 Å². The Morgan fingerprint density at radius 3 is 2.50 bits per heavy atom. The van der Waals surface area contributed by atoms with Gasteiger partial charge in [-0.25, -0.2) is 0 Å². The van der Waals surface area contributed by atoms with Crippen LogP contribution >= 0.6 is 0 Å². The summed E-state index contributed by atoms with van der Waals surface area (Å²) in [6, 6.07) is 8.03. The normalized spacial score (nSPS) is 20.1. The van der Waals surface area contributed by atoms with Crippen molar-refractivity contribution in [2.24, 2.45) is 0 Å². The zero-order chi connectivity index (χ0) is 13.2. The standard InChI is InChI=1S/C16H22O2/c1-4-16(2,3)13-9-7-12(8-10-13)15(17)14-6-5-11-18-14/h7-10,14H,4-6,11H2,1-3H3. The minimum atomic E-state index is -0.213. The minimum Gasteiger partial charge on any atom is -0.370 e. The van der Waals surface area contributed by atoms with Gasteiger partial charge in [0.2, 0.25) is 0 Å². The molecule has 0 aromatic heterocycles. The fourth-order valence-corrected chi connectivity index (χ4v) is 2.26. The van der Waals surface area contributed by atoms with Crippen LogP contribution in [0.25, 0.3) is 0 Å². The van der Waals surface area contributed by atoms with Gasteiger partial charge in [0.15, 0.2) is 5.78 Å². The molecule has 2 nitrogen and oxygen atoms in total. The second kappa shape index (κ2) is 5.23. The fourth-order valence-electron chi connectivity index (χ4n) is 2.26. The third-order valence-electron chi connectivity index (χ3n) is 4.06. The molecule has 0 aliphatic carbocycles. The summed E-state index contributed by atoms with van der Waals surface area (Å²) in [6.45, 7) is 7.36. The molecule has 98 valence electrons. The maximum absolute atomic E-state index is 12.2. The molecule has 0 spiro atoms. The second-order valence-electron chi connectivity index (χ2n) is 5.68. The molecule has 0 radical (unpaired) electrons. The molecule has 0 amide bonds. The van der Waals surface area contributed by atoms with E-state index in [0.29, 0.717) is 0 Å². The Kier molecular flexibility index (Phi) is 3.86. The van der Waals surface area contributed by atoms with E-state index in [1.807, 2.05) is 12.1 Å². The summed E-state index contributed by atoms with van der Waals surface area (Å²) in [5.41, 5.74) is 2.23. The van der Waals surface area contributed by atoms with Crippen molar-refractivity contribution in [3.63, 3.8) is 0 Å². The van der Waals surface area contributed by atoms with Crippen LogP contribution in [0.2, 0.25) is 0 Å². The number of ketones is 1. The highest BCUT2D eigenvalue weighted by Crippen LogP contribution is 2.27. The zero-order valence-electron chi connectivity index (χ0n) is 11.5. The summed E-state index contributed by atoms with van der Waals surface area (Å²) in [4.78, 5) is 12.2. The molecule has 0 N–H and O–H groups in total. The highest BCUT2D eigenvalue weighted by molar-refractivity contribution is 5.99. The van der Waals surface area contributed by atoms with Crippen molar-refractivity contribution in [3.05, 3.63) is 35.4 Å². The maximum atomic E-state index is 12.2. The molecule has 0 saturated carbocycles. The number of carbonyl (C=O) groups excluding carboxylic acids is 1. The molecule has 1 fully saturated rings. The van der Waals surface area contributed by atoms with E-state index in [4.69, 9.17) is 4.74 Å². The van der Waals surface area contributed by atoms with Gasteiger partial charge in [0.25, 0.3) is 0 Å². The largest absolute Gasteiger partial charge is 0.370 e. The molecule has 1 atom stereocenters. The predicted octanol–water partition coefficient (Wildman–Crippen LogP) is 3.74. The average molecular weight is 246 g/mol. The topological polar surface area (TPSA) is 26.3 Å². The van der Waals surface area contributed by atoms with Gasteiger partial charge >= 0.3 is 0 Å². The molecular weight excluding hydrogens is 224 g/mol. The molecule has 1 heterocycles. The van der Waals surface area contributed by atoms with Crippen LogP contribution in [0, 0.1) is 0 Å². The maximum Gasteiger partial charge on any atom is 0.191 e. The van der Waals surface area contributed by atoms with Gasteiger partial charge in [-0.1, -0.05) is 45.0 Å². The second-order valence-corrected chi connectivity index (χ2v) is 5.68. The number of benzene rings is 1. The lowest BCUT2D eigenvalue weighted by atomic mass is 9.82. The zero-order valence-corrected chi connectivity index (χ0v) is 11.5. The third kappa shape index (κ3) is 2.64. The Hall–Kier alpha value is -1.15. The lowest BCUT2D eigenvalue weighted by molar-refractivity contribution is 0.0643. The van der Waals surface area contributed by atoms with Crippen LogP contribution in [-0.2, 0) is 10.2 Å². The smallest absolute Gasteiger partial charge is 0.191 e. The van der Waals surface area contributed by atoms with Crippen LogP contribution in [0.4, 0.5) is 0 Å². The van der Waals surface area contributed by atoms with Crippen molar-refractivity contribution in [1.29, 1.82) is 0 Å². The number of hydrogen-bond acceptors (Lipinski definition) is 2. The van der Waals surface area contributed by atoms with Crippen molar-refractivity contribution < 1.29 is 9.53 Å². The Bertz CT molecular complexity index is 411. The summed E-state index contributed by atoms with van der Waals surface area (Å²) < 4.78 is 5.44. The van der Waals surface area contributed by atoms with Crippen LogP contribution in [0.3, 0.4) is 0 Å². The third-order valence-corrected chi connectivity index (χ3v) is 4.06. The van der Waals surface area contributed by atoms with Crippen LogP contribution in [0.15, 0.2) is 24.3 Å². The molecule has 2 heteroatoms. The van der Waals surface area contributed by atoms with E-state index < -0.39 is 0 Å². The fraction of sp³-hybridized carbons (Fsp3) is 0.562. The van der Waals surface area contributed by atoms with E-state index in [0.717, 1.165) is 31.4 Å². The Morgan fingerprint density at radius 2 is 2.00 bits per heavy atom. The molecule has 18 heavy (non-hydrogen) atoms. The summed E-state index contributed by atoms with van der Waals surface area (Å²) >= 11 is 0. The number of hydrogen-bond donors (Lipinski definition) is 0. The van der Waals surface area contributed by atoms with Crippen molar-refractivity contribution in [2.45, 2.75) is 51.6 Å². The summed E-state index contributed by atoms with van der Waals surface area (Å²) in [6.07, 6.45) is 2.74. The van der Waals surface area contributed by atoms with Gasteiger partial charge in [-0.2, -0.15) is 0 Å². The molecule has 1 aliphatic heterocycles. The summed E-state index contributed by atoms with van der Waals surface area (Å²) in [5.74, 6) is 0.133. The van der Waals surface area contributed by atoms with Gasteiger partial charge in [0.05, 0.1) is 0 Å². The van der Waals surface area contributed by atoms with Crippen LogP contribution in [-0.4, -0.2) is 18.5 Å². The van der Waals surface area contributed by atoms with E-state index in [1.54, 1.807) is 0 Å². The van der Waals surface area contributed by atoms with Crippen molar-refractivity contribution in [1.82, 2.24) is 0 Å². The summed E-state index contributed by atoms with van der Waals surface area (Å²) in [5, 5.41) is 0. The SMILES string of the molecule is CCC(C)(C)c1ccc(C(=O)C2CCCO2)cc1. The molecule has 1 saturated heterocycles. The number of rotatable bonds is 4. The Morgan fingerprint density at radius 1 is 1.33 bits per heavy atom. The van der Waals surface area contributed by atoms with Crippen molar-refractivity contribution in [2.75, 3.05) is 6.61 Å². The first-order chi connectivity index (χ1) is 8.54. The first-order valence-corrected chi connectivity index (χ1v) is 6.81. The number of ether oxygens (including phenoxy) is 1. The van der Waals surface area contributed by atoms with Gasteiger partial charge in [-0.3, -0.25) is 4.79 Å². The van der Waals surface area contributed by atoms with E-state index in [2.05, 4.69) is 32.9 Å². The molecule has 0 bridgehead atoms. The van der Waals surface area contributed by atoms with Gasteiger partial charge in [-0.05, 0) is 30.2 Å². The lowest BCUT2D eigenvalue weighted by Gasteiger charge is -2.23. The van der Waals surface area contributed by atoms with Crippen LogP contribution in [0.5, 0.6) is 0 Å². The monoisotopic (exact) mass is 246 g/mol. The molecule has 1 aromatic rings. The molecular formula is C16H22O2. The Balaban J connectivity index is 2.14. The van der Waals surface area contributed by atoms with Crippen molar-refractivity contribution >= 4 is 5.78 Å². The number of Topliss-reactive ketones (excluding diaryl/α,β-unsaturated/α-hetero) is 1. The van der Waals surface area contributed by atoms with Crippen molar-refractivity contribution in [3.8, 4) is 0 Å². The molecule has 2 rings (SSSR count). The molecule has 1 aliphatic rings.